The molecule has 0 bridgehead atoms. The number of methoxy groups -OCH3 is 2. The van der Waals surface area contributed by atoms with Gasteiger partial charge in [-0.15, -0.1) is 0 Å². The summed E-state index contributed by atoms with van der Waals surface area (Å²) in [5, 5.41) is 0. The van der Waals surface area contributed by atoms with Crippen LogP contribution in [0.4, 0.5) is 5.69 Å². The van der Waals surface area contributed by atoms with E-state index >= 15 is 0 Å². The van der Waals surface area contributed by atoms with Gasteiger partial charge in [-0.1, -0.05) is 13.0 Å². The Labute approximate surface area is 178 Å². The topological polar surface area (TPSA) is 84.9 Å². The van der Waals surface area contributed by atoms with E-state index in [-0.39, 0.29) is 10.8 Å². The van der Waals surface area contributed by atoms with E-state index in [2.05, 4.69) is 4.72 Å². The Morgan fingerprint density at radius 1 is 1.10 bits per heavy atom. The molecule has 1 heterocycles. The number of carbonyl (C=O) groups excluding carboxylic acids is 1. The first-order valence-electron chi connectivity index (χ1n) is 9.96. The van der Waals surface area contributed by atoms with Crippen molar-refractivity contribution in [2.24, 2.45) is 0 Å². The molecular formula is C22H28N2O5S. The Kier molecular flexibility index (Phi) is 6.67. The highest BCUT2D eigenvalue weighted by Gasteiger charge is 2.25. The third kappa shape index (κ3) is 4.44. The molecule has 0 radical (unpaired) electrons. The lowest BCUT2D eigenvalue weighted by molar-refractivity contribution is -0.117. The standard InChI is InChI=1S/C22H28N2O5S/c1-5-18(16-8-11-20(28-3)21(14-16)29-4)23-30(26,27)17-9-10-19(15(2)13-17)24-12-6-7-22(24)25/h8-11,13-14,18,23H,5-7,12H2,1-4H3/t18-/m0/s1. The molecule has 0 aliphatic carbocycles. The number of rotatable bonds is 8. The van der Waals surface area contributed by atoms with Gasteiger partial charge in [-0.3, -0.25) is 4.79 Å². The molecule has 0 spiro atoms. The molecule has 2 aromatic carbocycles. The van der Waals surface area contributed by atoms with E-state index in [1.54, 1.807) is 49.5 Å². The minimum absolute atomic E-state index is 0.0753. The largest absolute Gasteiger partial charge is 0.493 e. The molecule has 1 aliphatic rings. The van der Waals surface area contributed by atoms with Gasteiger partial charge in [-0.25, -0.2) is 13.1 Å². The highest BCUT2D eigenvalue weighted by atomic mass is 32.2. The number of benzene rings is 2. The molecular weight excluding hydrogens is 404 g/mol. The third-order valence-electron chi connectivity index (χ3n) is 5.36. The van der Waals surface area contributed by atoms with Crippen molar-refractivity contribution in [1.29, 1.82) is 0 Å². The minimum atomic E-state index is -3.76. The van der Waals surface area contributed by atoms with Crippen LogP contribution in [0, 0.1) is 6.92 Å². The fourth-order valence-electron chi connectivity index (χ4n) is 3.71. The first kappa shape index (κ1) is 22.1. The summed E-state index contributed by atoms with van der Waals surface area (Å²) in [6.07, 6.45) is 1.92. The third-order valence-corrected chi connectivity index (χ3v) is 6.83. The second-order valence-electron chi connectivity index (χ2n) is 7.29. The normalized spacial score (nSPS) is 15.3. The Bertz CT molecular complexity index is 1040. The number of anilines is 1. The van der Waals surface area contributed by atoms with E-state index in [0.717, 1.165) is 23.2 Å². The average molecular weight is 433 g/mol. The molecule has 1 fully saturated rings. The summed E-state index contributed by atoms with van der Waals surface area (Å²) in [7, 11) is -0.658. The minimum Gasteiger partial charge on any atom is -0.493 e. The molecule has 1 amide bonds. The molecule has 30 heavy (non-hydrogen) atoms. The van der Waals surface area contributed by atoms with Crippen molar-refractivity contribution in [3.05, 3.63) is 47.5 Å². The monoisotopic (exact) mass is 432 g/mol. The molecule has 0 unspecified atom stereocenters. The van der Waals surface area contributed by atoms with Gasteiger partial charge >= 0.3 is 0 Å². The van der Waals surface area contributed by atoms with E-state index < -0.39 is 16.1 Å². The molecule has 0 saturated carbocycles. The Balaban J connectivity index is 1.86. The summed E-state index contributed by atoms with van der Waals surface area (Å²) in [4.78, 5) is 13.9. The van der Waals surface area contributed by atoms with Crippen LogP contribution in [-0.2, 0) is 14.8 Å². The zero-order chi connectivity index (χ0) is 21.9. The number of hydrogen-bond acceptors (Lipinski definition) is 5. The first-order valence-corrected chi connectivity index (χ1v) is 11.4. The average Bonchev–Trinajstić information content (AvgIpc) is 3.17. The van der Waals surface area contributed by atoms with Crippen molar-refractivity contribution in [1.82, 2.24) is 4.72 Å². The van der Waals surface area contributed by atoms with Gasteiger partial charge in [0.1, 0.15) is 0 Å². The van der Waals surface area contributed by atoms with Gasteiger partial charge in [-0.05, 0) is 61.2 Å². The van der Waals surface area contributed by atoms with E-state index in [0.29, 0.717) is 30.9 Å². The SMILES string of the molecule is CC[C@H](NS(=O)(=O)c1ccc(N2CCCC2=O)c(C)c1)c1ccc(OC)c(OC)c1. The lowest BCUT2D eigenvalue weighted by Gasteiger charge is -2.21. The summed E-state index contributed by atoms with van der Waals surface area (Å²) in [5.74, 6) is 1.20. The lowest BCUT2D eigenvalue weighted by Crippen LogP contribution is -2.29. The number of aryl methyl sites for hydroxylation is 1. The van der Waals surface area contributed by atoms with Crippen LogP contribution in [0.15, 0.2) is 41.3 Å². The van der Waals surface area contributed by atoms with Crippen LogP contribution in [0.2, 0.25) is 0 Å². The van der Waals surface area contributed by atoms with Crippen LogP contribution in [0.1, 0.15) is 43.4 Å². The molecule has 3 rings (SSSR count). The van der Waals surface area contributed by atoms with Crippen molar-refractivity contribution in [3.63, 3.8) is 0 Å². The van der Waals surface area contributed by atoms with Gasteiger partial charge in [0.05, 0.1) is 19.1 Å². The summed E-state index contributed by atoms with van der Waals surface area (Å²) in [6.45, 7) is 4.41. The quantitative estimate of drug-likeness (QED) is 0.689. The molecule has 1 atom stereocenters. The maximum atomic E-state index is 13.1. The summed E-state index contributed by atoms with van der Waals surface area (Å²) < 4.78 is 39.5. The second kappa shape index (κ2) is 9.06. The zero-order valence-electron chi connectivity index (χ0n) is 17.8. The summed E-state index contributed by atoms with van der Waals surface area (Å²) >= 11 is 0. The van der Waals surface area contributed by atoms with Gasteiger partial charge in [-0.2, -0.15) is 0 Å². The highest BCUT2D eigenvalue weighted by Crippen LogP contribution is 2.32. The van der Waals surface area contributed by atoms with Crippen LogP contribution >= 0.6 is 0 Å². The second-order valence-corrected chi connectivity index (χ2v) is 9.01. The maximum Gasteiger partial charge on any atom is 0.241 e. The van der Waals surface area contributed by atoms with E-state index in [1.807, 2.05) is 19.9 Å². The van der Waals surface area contributed by atoms with Gasteiger partial charge in [0, 0.05) is 24.7 Å². The predicted octanol–water partition coefficient (Wildman–Crippen LogP) is 3.57. The van der Waals surface area contributed by atoms with Crippen LogP contribution in [0.3, 0.4) is 0 Å². The molecule has 2 aromatic rings. The van der Waals surface area contributed by atoms with Crippen molar-refractivity contribution in [2.45, 2.75) is 44.0 Å². The zero-order valence-corrected chi connectivity index (χ0v) is 18.6. The lowest BCUT2D eigenvalue weighted by atomic mass is 10.1. The van der Waals surface area contributed by atoms with Gasteiger partial charge in [0.25, 0.3) is 0 Å². The predicted molar refractivity (Wildman–Crippen MR) is 116 cm³/mol. The smallest absolute Gasteiger partial charge is 0.241 e. The fourth-order valence-corrected chi connectivity index (χ4v) is 5.11. The number of nitrogens with one attached hydrogen (secondary N) is 1. The number of carbonyl (C=O) groups is 1. The molecule has 8 heteroatoms. The van der Waals surface area contributed by atoms with Crippen LogP contribution in [0.25, 0.3) is 0 Å². The Morgan fingerprint density at radius 3 is 2.40 bits per heavy atom. The van der Waals surface area contributed by atoms with Gasteiger partial charge < -0.3 is 14.4 Å². The van der Waals surface area contributed by atoms with Crippen LogP contribution in [-0.4, -0.2) is 35.1 Å². The number of ether oxygens (including phenoxy) is 2. The van der Waals surface area contributed by atoms with E-state index in [4.69, 9.17) is 9.47 Å². The van der Waals surface area contributed by atoms with Crippen molar-refractivity contribution in [3.8, 4) is 11.5 Å². The first-order chi connectivity index (χ1) is 14.3. The van der Waals surface area contributed by atoms with Crippen LogP contribution < -0.4 is 19.1 Å². The number of amides is 1. The molecule has 1 saturated heterocycles. The molecule has 162 valence electrons. The van der Waals surface area contributed by atoms with Crippen LogP contribution in [0.5, 0.6) is 11.5 Å². The van der Waals surface area contributed by atoms with Gasteiger partial charge in [0.15, 0.2) is 11.5 Å². The molecule has 0 aromatic heterocycles. The molecule has 1 N–H and O–H groups in total. The summed E-state index contributed by atoms with van der Waals surface area (Å²) in [5.41, 5.74) is 2.31. The van der Waals surface area contributed by atoms with E-state index in [9.17, 15) is 13.2 Å². The van der Waals surface area contributed by atoms with Crippen molar-refractivity contribution in [2.75, 3.05) is 25.7 Å². The van der Waals surface area contributed by atoms with E-state index in [1.165, 1.54) is 0 Å². The number of nitrogens with zero attached hydrogens (tertiary/aromatic N) is 1. The maximum absolute atomic E-state index is 13.1. The Morgan fingerprint density at radius 2 is 1.83 bits per heavy atom. The molecule has 7 nitrogen and oxygen atoms in total. The van der Waals surface area contributed by atoms with Crippen molar-refractivity contribution >= 4 is 21.6 Å². The molecule has 1 aliphatic heterocycles. The highest BCUT2D eigenvalue weighted by molar-refractivity contribution is 7.89. The Hall–Kier alpha value is -2.58. The number of hydrogen-bond donors (Lipinski definition) is 1. The number of sulfonamides is 1. The fraction of sp³-hybridized carbons (Fsp3) is 0.409. The van der Waals surface area contributed by atoms with Crippen molar-refractivity contribution < 1.29 is 22.7 Å². The summed E-state index contributed by atoms with van der Waals surface area (Å²) in [6, 6.07) is 9.83. The van der Waals surface area contributed by atoms with Gasteiger partial charge in [0.2, 0.25) is 15.9 Å².